The number of carbonyl (C=O) groups excluding carboxylic acids is 1. The zero-order valence-electron chi connectivity index (χ0n) is 13.4. The molecule has 0 aliphatic carbocycles. The van der Waals surface area contributed by atoms with Crippen LogP contribution in [0.25, 0.3) is 11.3 Å². The third-order valence-corrected chi connectivity index (χ3v) is 5.12. The Balaban J connectivity index is 1.56. The number of nitrogens with one attached hydrogen (secondary N) is 1. The Bertz CT molecular complexity index is 706. The summed E-state index contributed by atoms with van der Waals surface area (Å²) < 4.78 is 0. The minimum absolute atomic E-state index is 0.0718. The molecule has 2 aromatic rings. The Morgan fingerprint density at radius 3 is 2.75 bits per heavy atom. The summed E-state index contributed by atoms with van der Waals surface area (Å²) in [6, 6.07) is 10.0. The van der Waals surface area contributed by atoms with Gasteiger partial charge in [0.05, 0.1) is 11.3 Å². The number of likely N-dealkylation sites (tertiary alicyclic amines) is 1. The second-order valence-corrected chi connectivity index (χ2v) is 6.87. The molecule has 3 rings (SSSR count). The molecule has 6 heteroatoms. The quantitative estimate of drug-likeness (QED) is 0.820. The van der Waals surface area contributed by atoms with E-state index in [9.17, 15) is 9.90 Å². The summed E-state index contributed by atoms with van der Waals surface area (Å²) >= 11 is 1.53. The van der Waals surface area contributed by atoms with Gasteiger partial charge in [0.1, 0.15) is 0 Å². The van der Waals surface area contributed by atoms with Crippen LogP contribution in [0.4, 0.5) is 5.13 Å². The van der Waals surface area contributed by atoms with E-state index >= 15 is 0 Å². The summed E-state index contributed by atoms with van der Waals surface area (Å²) in [7, 11) is 0. The van der Waals surface area contributed by atoms with E-state index in [1.165, 1.54) is 17.4 Å². The third kappa shape index (κ3) is 3.83. The minimum Gasteiger partial charge on any atom is -0.388 e. The van der Waals surface area contributed by atoms with Crippen LogP contribution in [0.5, 0.6) is 0 Å². The smallest absolute Gasteiger partial charge is 0.245 e. The molecule has 1 fully saturated rings. The number of hydrogen-bond acceptors (Lipinski definition) is 5. The van der Waals surface area contributed by atoms with Gasteiger partial charge in [0.2, 0.25) is 5.91 Å². The Hall–Kier alpha value is -2.18. The van der Waals surface area contributed by atoms with Gasteiger partial charge in [-0.1, -0.05) is 36.9 Å². The van der Waals surface area contributed by atoms with Gasteiger partial charge in [0, 0.05) is 30.6 Å². The third-order valence-electron chi connectivity index (χ3n) is 4.32. The molecule has 2 heterocycles. The van der Waals surface area contributed by atoms with E-state index in [2.05, 4.69) is 16.9 Å². The summed E-state index contributed by atoms with van der Waals surface area (Å²) in [4.78, 5) is 17.9. The molecular weight excluding hydrogens is 322 g/mol. The Morgan fingerprint density at radius 1 is 1.38 bits per heavy atom. The number of carbonyl (C=O) groups is 1. The lowest BCUT2D eigenvalue weighted by Gasteiger charge is -2.37. The van der Waals surface area contributed by atoms with Crippen LogP contribution in [0.2, 0.25) is 0 Å². The SMILES string of the molecule is C=CC(=O)N1CCC(O)(CNc2nc(-c3ccccc3)cs2)CC1. The monoisotopic (exact) mass is 343 g/mol. The van der Waals surface area contributed by atoms with Crippen LogP contribution in [0.15, 0.2) is 48.4 Å². The van der Waals surface area contributed by atoms with Crippen molar-refractivity contribution in [1.82, 2.24) is 9.88 Å². The number of anilines is 1. The van der Waals surface area contributed by atoms with E-state index in [-0.39, 0.29) is 5.91 Å². The summed E-state index contributed by atoms with van der Waals surface area (Å²) in [6.07, 6.45) is 2.43. The standard InChI is InChI=1S/C18H21N3O2S/c1-2-16(22)21-10-8-18(23,9-11-21)13-19-17-20-15(12-24-17)14-6-4-3-5-7-14/h2-7,12,23H,1,8-11,13H2,(H,19,20). The van der Waals surface area contributed by atoms with Crippen LogP contribution in [0.1, 0.15) is 12.8 Å². The molecule has 0 spiro atoms. The normalized spacial score (nSPS) is 16.6. The fourth-order valence-electron chi connectivity index (χ4n) is 2.79. The minimum atomic E-state index is -0.809. The van der Waals surface area contributed by atoms with Crippen LogP contribution in [0.3, 0.4) is 0 Å². The first-order valence-electron chi connectivity index (χ1n) is 7.98. The van der Waals surface area contributed by atoms with Crippen molar-refractivity contribution in [3.05, 3.63) is 48.4 Å². The van der Waals surface area contributed by atoms with Gasteiger partial charge in [0.15, 0.2) is 5.13 Å². The van der Waals surface area contributed by atoms with Crippen LogP contribution >= 0.6 is 11.3 Å². The number of benzene rings is 1. The van der Waals surface area contributed by atoms with Crippen LogP contribution in [-0.2, 0) is 4.79 Å². The molecule has 5 nitrogen and oxygen atoms in total. The number of rotatable bonds is 5. The number of nitrogens with zero attached hydrogens (tertiary/aromatic N) is 2. The Morgan fingerprint density at radius 2 is 2.08 bits per heavy atom. The predicted molar refractivity (Wildman–Crippen MR) is 97.0 cm³/mol. The van der Waals surface area contributed by atoms with Gasteiger partial charge in [0.25, 0.3) is 0 Å². The largest absolute Gasteiger partial charge is 0.388 e. The molecule has 0 saturated carbocycles. The predicted octanol–water partition coefficient (Wildman–Crippen LogP) is 2.76. The zero-order chi connectivity index (χ0) is 17.0. The molecule has 126 valence electrons. The molecule has 0 bridgehead atoms. The van der Waals surface area contributed by atoms with E-state index in [0.29, 0.717) is 32.5 Å². The highest BCUT2D eigenvalue weighted by Gasteiger charge is 2.33. The lowest BCUT2D eigenvalue weighted by Crippen LogP contribution is -2.49. The lowest BCUT2D eigenvalue weighted by atomic mass is 9.91. The number of aliphatic hydroxyl groups is 1. The van der Waals surface area contributed by atoms with E-state index in [4.69, 9.17) is 0 Å². The first kappa shape index (κ1) is 16.7. The molecule has 1 aliphatic heterocycles. The molecule has 1 aromatic carbocycles. The summed E-state index contributed by atoms with van der Waals surface area (Å²) in [6.45, 7) is 5.04. The van der Waals surface area contributed by atoms with Gasteiger partial charge >= 0.3 is 0 Å². The maximum Gasteiger partial charge on any atom is 0.245 e. The average molecular weight is 343 g/mol. The molecule has 24 heavy (non-hydrogen) atoms. The molecule has 1 aliphatic rings. The van der Waals surface area contributed by atoms with Crippen molar-refractivity contribution < 1.29 is 9.90 Å². The molecule has 0 atom stereocenters. The van der Waals surface area contributed by atoms with Crippen LogP contribution in [-0.4, -0.2) is 46.1 Å². The first-order chi connectivity index (χ1) is 11.6. The van der Waals surface area contributed by atoms with Gasteiger partial charge < -0.3 is 15.3 Å². The number of amides is 1. The van der Waals surface area contributed by atoms with Crippen molar-refractivity contribution in [2.45, 2.75) is 18.4 Å². The maximum absolute atomic E-state index is 11.6. The highest BCUT2D eigenvalue weighted by molar-refractivity contribution is 7.14. The summed E-state index contributed by atoms with van der Waals surface area (Å²) in [5.74, 6) is -0.0718. The van der Waals surface area contributed by atoms with Gasteiger partial charge in [-0.2, -0.15) is 0 Å². The van der Waals surface area contributed by atoms with Crippen molar-refractivity contribution in [2.24, 2.45) is 0 Å². The van der Waals surface area contributed by atoms with E-state index < -0.39 is 5.60 Å². The van der Waals surface area contributed by atoms with Crippen LogP contribution < -0.4 is 5.32 Å². The van der Waals surface area contributed by atoms with Crippen molar-refractivity contribution in [3.8, 4) is 11.3 Å². The number of hydrogen-bond donors (Lipinski definition) is 2. The number of piperidine rings is 1. The average Bonchev–Trinajstić information content (AvgIpc) is 3.10. The van der Waals surface area contributed by atoms with Gasteiger partial charge in [-0.05, 0) is 18.9 Å². The molecule has 2 N–H and O–H groups in total. The van der Waals surface area contributed by atoms with Crippen LogP contribution in [0, 0.1) is 0 Å². The van der Waals surface area contributed by atoms with Crippen molar-refractivity contribution in [2.75, 3.05) is 25.0 Å². The van der Waals surface area contributed by atoms with E-state index in [1.807, 2.05) is 35.7 Å². The summed E-state index contributed by atoms with van der Waals surface area (Å²) in [5, 5.41) is 16.7. The van der Waals surface area contributed by atoms with Crippen molar-refractivity contribution in [1.29, 1.82) is 0 Å². The van der Waals surface area contributed by atoms with Crippen molar-refractivity contribution >= 4 is 22.4 Å². The Kier molecular flexibility index (Phi) is 4.97. The van der Waals surface area contributed by atoms with Gasteiger partial charge in [-0.15, -0.1) is 11.3 Å². The van der Waals surface area contributed by atoms with E-state index in [1.54, 1.807) is 4.90 Å². The lowest BCUT2D eigenvalue weighted by molar-refractivity contribution is -0.129. The second-order valence-electron chi connectivity index (χ2n) is 6.01. The summed E-state index contributed by atoms with van der Waals surface area (Å²) in [5.41, 5.74) is 1.20. The molecule has 1 saturated heterocycles. The topological polar surface area (TPSA) is 65.5 Å². The second kappa shape index (κ2) is 7.15. The molecule has 0 unspecified atom stereocenters. The molecule has 1 aromatic heterocycles. The van der Waals surface area contributed by atoms with E-state index in [0.717, 1.165) is 16.4 Å². The number of aromatic nitrogens is 1. The molecule has 0 radical (unpaired) electrons. The maximum atomic E-state index is 11.6. The highest BCUT2D eigenvalue weighted by Crippen LogP contribution is 2.27. The molecular formula is C18H21N3O2S. The number of thiazole rings is 1. The fourth-order valence-corrected chi connectivity index (χ4v) is 3.50. The Labute approximate surface area is 145 Å². The first-order valence-corrected chi connectivity index (χ1v) is 8.86. The fraction of sp³-hybridized carbons (Fsp3) is 0.333. The highest BCUT2D eigenvalue weighted by atomic mass is 32.1. The molecule has 1 amide bonds. The van der Waals surface area contributed by atoms with Crippen molar-refractivity contribution in [3.63, 3.8) is 0 Å². The zero-order valence-corrected chi connectivity index (χ0v) is 14.3. The van der Waals surface area contributed by atoms with Gasteiger partial charge in [-0.25, -0.2) is 4.98 Å². The van der Waals surface area contributed by atoms with Gasteiger partial charge in [-0.3, -0.25) is 4.79 Å².